The van der Waals surface area contributed by atoms with Gasteiger partial charge in [0.05, 0.1) is 40.3 Å². The highest BCUT2D eigenvalue weighted by atomic mass is 16.7. The van der Waals surface area contributed by atoms with Crippen LogP contribution in [0, 0.1) is 0 Å². The third kappa shape index (κ3) is 70.4. The van der Waals surface area contributed by atoms with Gasteiger partial charge in [0.1, 0.15) is 13.2 Å². The molecule has 0 spiro atoms. The van der Waals surface area contributed by atoms with Crippen LogP contribution in [0.3, 0.4) is 0 Å². The quantitative estimate of drug-likeness (QED) is 0.0195. The van der Waals surface area contributed by atoms with Crippen LogP contribution >= 0.6 is 0 Å². The van der Waals surface area contributed by atoms with Gasteiger partial charge in [0.25, 0.3) is 0 Å². The molecule has 0 bridgehead atoms. The number of rotatable bonds is 71. The number of hydrogen-bond acceptors (Lipinski definition) is 8. The second-order valence-corrected chi connectivity index (χ2v) is 26.9. The predicted molar refractivity (Wildman–Crippen MR) is 375 cm³/mol. The maximum absolute atomic E-state index is 12.9. The number of unbranched alkanes of at least 4 members (excludes halogenated alkanes) is 46. The van der Waals surface area contributed by atoms with Crippen molar-refractivity contribution in [2.75, 3.05) is 47.5 Å². The number of quaternary nitrogens is 1. The van der Waals surface area contributed by atoms with Crippen LogP contribution in [0.1, 0.15) is 367 Å². The highest BCUT2D eigenvalue weighted by Gasteiger charge is 2.22. The van der Waals surface area contributed by atoms with Gasteiger partial charge in [-0.1, -0.05) is 357 Å². The summed E-state index contributed by atoms with van der Waals surface area (Å²) in [4.78, 5) is 37.6. The number of carboxylic acids is 1. The Kier molecular flexibility index (Phi) is 67.5. The summed E-state index contributed by atoms with van der Waals surface area (Å²) in [7, 11) is 5.94. The maximum Gasteiger partial charge on any atom is 0.306 e. The van der Waals surface area contributed by atoms with E-state index in [1.807, 2.05) is 21.1 Å². The van der Waals surface area contributed by atoms with Gasteiger partial charge in [0.2, 0.25) is 0 Å². The van der Waals surface area contributed by atoms with E-state index < -0.39 is 24.3 Å². The molecule has 0 aliphatic rings. The molecule has 0 radical (unpaired) electrons. The van der Waals surface area contributed by atoms with Crippen molar-refractivity contribution in [1.82, 2.24) is 0 Å². The monoisotopic (exact) mass is 1240 g/mol. The predicted octanol–water partition coefficient (Wildman–Crippen LogP) is 22.5. The van der Waals surface area contributed by atoms with E-state index in [0.29, 0.717) is 23.9 Å². The average Bonchev–Trinajstić information content (AvgIpc) is 3.54. The zero-order valence-electron chi connectivity index (χ0n) is 58.9. The van der Waals surface area contributed by atoms with E-state index >= 15 is 0 Å². The summed E-state index contributed by atoms with van der Waals surface area (Å²) in [6.07, 6.45) is 89.0. The van der Waals surface area contributed by atoms with Crippen LogP contribution in [-0.2, 0) is 33.3 Å². The molecule has 0 aromatic carbocycles. The number of carbonyl (C=O) groups excluding carboxylic acids is 3. The van der Waals surface area contributed by atoms with Crippen LogP contribution in [0.25, 0.3) is 0 Å². The number of esters is 2. The topological polar surface area (TPSA) is 111 Å². The second kappa shape index (κ2) is 69.9. The number of carbonyl (C=O) groups is 3. The molecule has 0 rings (SSSR count). The number of likely N-dealkylation sites (N-methyl/N-ethyl adjacent to an activating group) is 1. The first-order valence-electron chi connectivity index (χ1n) is 37.9. The van der Waals surface area contributed by atoms with Crippen molar-refractivity contribution >= 4 is 17.9 Å². The lowest BCUT2D eigenvalue weighted by molar-refractivity contribution is -0.870. The maximum atomic E-state index is 12.9. The summed E-state index contributed by atoms with van der Waals surface area (Å²) >= 11 is 0. The summed E-state index contributed by atoms with van der Waals surface area (Å²) in [5.41, 5.74) is 0. The Bertz CT molecular complexity index is 1630. The molecule has 0 fully saturated rings. The number of aliphatic carboxylic acids is 1. The molecular formula is C79H145NO8. The minimum atomic E-state index is -1.62. The second-order valence-electron chi connectivity index (χ2n) is 26.9. The van der Waals surface area contributed by atoms with Crippen LogP contribution in [0.5, 0.6) is 0 Å². The highest BCUT2D eigenvalue weighted by molar-refractivity contribution is 5.70. The van der Waals surface area contributed by atoms with E-state index in [1.165, 1.54) is 263 Å². The fourth-order valence-corrected chi connectivity index (χ4v) is 11.3. The Balaban J connectivity index is 4.02. The molecule has 0 saturated heterocycles. The lowest BCUT2D eigenvalue weighted by Crippen LogP contribution is -2.44. The number of carboxylic acid groups (broad SMARTS) is 1. The summed E-state index contributed by atoms with van der Waals surface area (Å²) < 4.78 is 22.9. The first-order chi connectivity index (χ1) is 43.1. The SMILES string of the molecule is CC/C=C\C/C=C\C/C=C\C/C=C\C/C=C\CCCCCCCCCCCCCCCC(=O)OC(COC(=O)CCCCCCCCCCCCCCCCCCCCCCCCCCCCCCCCCCCC)COC(OCC[N+](C)(C)C)C(=O)[O-]. The van der Waals surface area contributed by atoms with Gasteiger partial charge in [0, 0.05) is 12.8 Å². The van der Waals surface area contributed by atoms with Gasteiger partial charge in [-0.25, -0.2) is 0 Å². The molecule has 0 aliphatic carbocycles. The first-order valence-corrected chi connectivity index (χ1v) is 37.9. The van der Waals surface area contributed by atoms with E-state index in [4.69, 9.17) is 18.9 Å². The van der Waals surface area contributed by atoms with Crippen molar-refractivity contribution in [2.24, 2.45) is 0 Å². The Hall–Kier alpha value is -3.01. The van der Waals surface area contributed by atoms with Crippen LogP contribution in [0.2, 0.25) is 0 Å². The number of allylic oxidation sites excluding steroid dienone is 10. The molecule has 2 unspecified atom stereocenters. The molecule has 2 atom stereocenters. The van der Waals surface area contributed by atoms with E-state index in [0.717, 1.165) is 70.6 Å². The van der Waals surface area contributed by atoms with Crippen LogP contribution in [-0.4, -0.2) is 82.3 Å². The van der Waals surface area contributed by atoms with E-state index in [9.17, 15) is 19.5 Å². The molecule has 9 heteroatoms. The standard InChI is InChI=1S/C79H145NO8/c1-6-8-10-12-14-16-18-20-22-24-26-28-30-32-34-36-37-38-39-40-42-43-45-47-49-51-53-55-57-59-61-63-65-67-69-76(81)86-73-75(74-87-79(78(83)84)85-72-71-80(3,4)5)88-77(82)70-68-66-64-62-60-58-56-54-52-50-48-46-44-41-35-33-31-29-27-25-23-21-19-17-15-13-11-9-7-2/h9,11,15,17,21,23,27,29,33,35,75,79H,6-8,10,12-14,16,18-20,22,24-26,28,30-32,34,36-74H2,1-5H3/b11-9-,17-15-,23-21-,29-27-,35-33-. The summed E-state index contributed by atoms with van der Waals surface area (Å²) in [6, 6.07) is 0. The van der Waals surface area contributed by atoms with E-state index in [-0.39, 0.29) is 32.2 Å². The molecule has 88 heavy (non-hydrogen) atoms. The third-order valence-corrected chi connectivity index (χ3v) is 17.0. The van der Waals surface area contributed by atoms with Crippen LogP contribution in [0.15, 0.2) is 60.8 Å². The molecule has 0 amide bonds. The minimum Gasteiger partial charge on any atom is -0.545 e. The van der Waals surface area contributed by atoms with E-state index in [2.05, 4.69) is 74.6 Å². The van der Waals surface area contributed by atoms with Crippen molar-refractivity contribution in [3.63, 3.8) is 0 Å². The molecule has 0 aromatic rings. The summed E-state index contributed by atoms with van der Waals surface area (Å²) in [6.45, 7) is 4.70. The largest absolute Gasteiger partial charge is 0.545 e. The minimum absolute atomic E-state index is 0.148. The smallest absolute Gasteiger partial charge is 0.306 e. The highest BCUT2D eigenvalue weighted by Crippen LogP contribution is 2.19. The molecular weight excluding hydrogens is 1090 g/mol. The van der Waals surface area contributed by atoms with Gasteiger partial charge in [-0.2, -0.15) is 0 Å². The fraction of sp³-hybridized carbons (Fsp3) is 0.835. The van der Waals surface area contributed by atoms with Crippen LogP contribution < -0.4 is 5.11 Å². The average molecular weight is 1240 g/mol. The lowest BCUT2D eigenvalue weighted by atomic mass is 10.0. The first kappa shape index (κ1) is 85.0. The van der Waals surface area contributed by atoms with Crippen molar-refractivity contribution in [1.29, 1.82) is 0 Å². The van der Waals surface area contributed by atoms with E-state index in [1.54, 1.807) is 0 Å². The van der Waals surface area contributed by atoms with Gasteiger partial charge in [-0.15, -0.1) is 0 Å². The Labute approximate surface area is 545 Å². The Morgan fingerprint density at radius 1 is 0.352 bits per heavy atom. The lowest BCUT2D eigenvalue weighted by Gasteiger charge is -2.26. The van der Waals surface area contributed by atoms with Crippen molar-refractivity contribution in [3.8, 4) is 0 Å². The molecule has 0 aromatic heterocycles. The van der Waals surface area contributed by atoms with Crippen molar-refractivity contribution < 1.29 is 42.9 Å². The fourth-order valence-electron chi connectivity index (χ4n) is 11.3. The normalized spacial score (nSPS) is 13.0. The van der Waals surface area contributed by atoms with Crippen LogP contribution in [0.4, 0.5) is 0 Å². The number of ether oxygens (including phenoxy) is 4. The Morgan fingerprint density at radius 3 is 0.966 bits per heavy atom. The van der Waals surface area contributed by atoms with Gasteiger partial charge in [-0.3, -0.25) is 9.59 Å². The van der Waals surface area contributed by atoms with Gasteiger partial charge >= 0.3 is 11.9 Å². The number of hydrogen-bond donors (Lipinski definition) is 0. The zero-order valence-corrected chi connectivity index (χ0v) is 58.9. The summed E-state index contributed by atoms with van der Waals surface area (Å²) in [5.74, 6) is -2.26. The van der Waals surface area contributed by atoms with Crippen molar-refractivity contribution in [3.05, 3.63) is 60.8 Å². The molecule has 514 valence electrons. The van der Waals surface area contributed by atoms with Gasteiger partial charge in [0.15, 0.2) is 12.4 Å². The number of nitrogens with zero attached hydrogens (tertiary/aromatic N) is 1. The Morgan fingerprint density at radius 2 is 0.648 bits per heavy atom. The zero-order chi connectivity index (χ0) is 64.0. The molecule has 0 N–H and O–H groups in total. The molecule has 9 nitrogen and oxygen atoms in total. The van der Waals surface area contributed by atoms with Gasteiger partial charge in [-0.05, 0) is 57.8 Å². The summed E-state index contributed by atoms with van der Waals surface area (Å²) in [5, 5.41) is 11.8. The van der Waals surface area contributed by atoms with Crippen molar-refractivity contribution in [2.45, 2.75) is 379 Å². The molecule has 0 saturated carbocycles. The third-order valence-electron chi connectivity index (χ3n) is 17.0. The molecule has 0 heterocycles. The molecule has 0 aliphatic heterocycles. The van der Waals surface area contributed by atoms with Gasteiger partial charge < -0.3 is 33.3 Å².